The molecule has 1 aliphatic rings. The van der Waals surface area contributed by atoms with Crippen molar-refractivity contribution < 1.29 is 14.4 Å². The third-order valence-electron chi connectivity index (χ3n) is 2.43. The zero-order valence-corrected chi connectivity index (χ0v) is 9.28. The van der Waals surface area contributed by atoms with E-state index in [0.717, 1.165) is 19.3 Å². The summed E-state index contributed by atoms with van der Waals surface area (Å²) >= 11 is 0. The average Bonchev–Trinajstić information content (AvgIpc) is 2.29. The average molecular weight is 216 g/mol. The van der Waals surface area contributed by atoms with Gasteiger partial charge in [0.2, 0.25) is 0 Å². The van der Waals surface area contributed by atoms with Crippen molar-refractivity contribution in [2.75, 3.05) is 26.9 Å². The van der Waals surface area contributed by atoms with Gasteiger partial charge in [-0.3, -0.25) is 9.63 Å². The van der Waals surface area contributed by atoms with Crippen LogP contribution in [0.2, 0.25) is 0 Å². The fraction of sp³-hybridized carbons (Fsp3) is 0.900. The van der Waals surface area contributed by atoms with Gasteiger partial charge in [-0.1, -0.05) is 0 Å². The number of nitrogens with two attached hydrogens (primary N) is 1. The summed E-state index contributed by atoms with van der Waals surface area (Å²) in [6.07, 6.45) is 3.46. The first-order valence-corrected chi connectivity index (χ1v) is 5.44. The predicted octanol–water partition coefficient (Wildman–Crippen LogP) is 0.294. The van der Waals surface area contributed by atoms with Crippen molar-refractivity contribution in [2.24, 2.45) is 5.73 Å². The highest BCUT2D eigenvalue weighted by Crippen LogP contribution is 2.08. The van der Waals surface area contributed by atoms with Crippen LogP contribution in [0.3, 0.4) is 0 Å². The van der Waals surface area contributed by atoms with Crippen LogP contribution in [0.15, 0.2) is 0 Å². The van der Waals surface area contributed by atoms with Crippen LogP contribution in [0.1, 0.15) is 25.7 Å². The molecule has 88 valence electrons. The van der Waals surface area contributed by atoms with Crippen LogP contribution >= 0.6 is 0 Å². The van der Waals surface area contributed by atoms with E-state index in [2.05, 4.69) is 0 Å². The molecule has 0 saturated carbocycles. The maximum absolute atomic E-state index is 11.7. The molecule has 0 aliphatic carbocycles. The molecule has 0 aromatic heterocycles. The van der Waals surface area contributed by atoms with E-state index < -0.39 is 6.04 Å². The summed E-state index contributed by atoms with van der Waals surface area (Å²) in [7, 11) is 1.64. The van der Waals surface area contributed by atoms with Crippen molar-refractivity contribution in [1.29, 1.82) is 0 Å². The minimum absolute atomic E-state index is 0.106. The summed E-state index contributed by atoms with van der Waals surface area (Å²) in [4.78, 5) is 17.0. The molecule has 5 heteroatoms. The van der Waals surface area contributed by atoms with Gasteiger partial charge in [-0.15, -0.1) is 0 Å². The fourth-order valence-electron chi connectivity index (χ4n) is 1.53. The smallest absolute Gasteiger partial charge is 0.263 e. The van der Waals surface area contributed by atoms with Gasteiger partial charge in [0.05, 0.1) is 12.6 Å². The number of carbonyl (C=O) groups excluding carboxylic acids is 1. The molecule has 0 spiro atoms. The first-order valence-electron chi connectivity index (χ1n) is 5.44. The van der Waals surface area contributed by atoms with Crippen LogP contribution in [0.4, 0.5) is 0 Å². The summed E-state index contributed by atoms with van der Waals surface area (Å²) in [5.41, 5.74) is 5.76. The number of hydroxylamine groups is 2. The lowest BCUT2D eigenvalue weighted by Gasteiger charge is -2.28. The van der Waals surface area contributed by atoms with E-state index in [-0.39, 0.29) is 5.91 Å². The van der Waals surface area contributed by atoms with Crippen LogP contribution < -0.4 is 5.73 Å². The van der Waals surface area contributed by atoms with Gasteiger partial charge in [0.15, 0.2) is 0 Å². The Morgan fingerprint density at radius 2 is 2.40 bits per heavy atom. The number of nitrogens with zero attached hydrogens (tertiary/aromatic N) is 1. The zero-order chi connectivity index (χ0) is 11.1. The van der Waals surface area contributed by atoms with Gasteiger partial charge in [0.1, 0.15) is 0 Å². The van der Waals surface area contributed by atoms with Crippen LogP contribution in [0.25, 0.3) is 0 Å². The van der Waals surface area contributed by atoms with Gasteiger partial charge < -0.3 is 10.5 Å². The number of hydrogen-bond donors (Lipinski definition) is 1. The number of hydrogen-bond acceptors (Lipinski definition) is 4. The quantitative estimate of drug-likeness (QED) is 0.671. The summed E-state index contributed by atoms with van der Waals surface area (Å²) in [6.45, 7) is 1.93. The van der Waals surface area contributed by atoms with Crippen molar-refractivity contribution in [3.63, 3.8) is 0 Å². The highest BCUT2D eigenvalue weighted by Gasteiger charge is 2.23. The molecule has 0 radical (unpaired) electrons. The first kappa shape index (κ1) is 12.4. The molecular weight excluding hydrogens is 196 g/mol. The first-order chi connectivity index (χ1) is 7.25. The lowest BCUT2D eigenvalue weighted by Crippen LogP contribution is -2.45. The second-order valence-electron chi connectivity index (χ2n) is 3.72. The van der Waals surface area contributed by atoms with Crippen LogP contribution in [-0.2, 0) is 14.4 Å². The maximum atomic E-state index is 11.7. The van der Waals surface area contributed by atoms with Crippen molar-refractivity contribution in [3.05, 3.63) is 0 Å². The molecule has 1 aliphatic heterocycles. The molecule has 1 fully saturated rings. The van der Waals surface area contributed by atoms with Crippen molar-refractivity contribution in [1.82, 2.24) is 5.06 Å². The molecule has 1 rings (SSSR count). The highest BCUT2D eigenvalue weighted by molar-refractivity contribution is 5.80. The van der Waals surface area contributed by atoms with E-state index in [1.807, 2.05) is 0 Å². The van der Waals surface area contributed by atoms with Gasteiger partial charge in [-0.2, -0.15) is 0 Å². The topological polar surface area (TPSA) is 64.8 Å². The van der Waals surface area contributed by atoms with E-state index in [4.69, 9.17) is 15.3 Å². The van der Waals surface area contributed by atoms with E-state index in [0.29, 0.717) is 26.2 Å². The van der Waals surface area contributed by atoms with E-state index in [1.165, 1.54) is 5.06 Å². The Hall–Kier alpha value is -0.650. The van der Waals surface area contributed by atoms with Gasteiger partial charge in [-0.25, -0.2) is 5.06 Å². The Kier molecular flexibility index (Phi) is 5.60. The summed E-state index contributed by atoms with van der Waals surface area (Å²) in [5.74, 6) is -0.106. The predicted molar refractivity (Wildman–Crippen MR) is 56.0 cm³/mol. The summed E-state index contributed by atoms with van der Waals surface area (Å²) < 4.78 is 4.91. The number of rotatable bonds is 5. The molecule has 1 heterocycles. The van der Waals surface area contributed by atoms with Crippen molar-refractivity contribution in [3.8, 4) is 0 Å². The molecule has 15 heavy (non-hydrogen) atoms. The lowest BCUT2D eigenvalue weighted by molar-refractivity contribution is -0.198. The van der Waals surface area contributed by atoms with Crippen molar-refractivity contribution >= 4 is 5.91 Å². The van der Waals surface area contributed by atoms with Crippen LogP contribution in [-0.4, -0.2) is 43.9 Å². The Bertz CT molecular complexity index is 193. The molecular formula is C10H20N2O3. The number of ether oxygens (including phenoxy) is 1. The Labute approximate surface area is 90.5 Å². The van der Waals surface area contributed by atoms with Gasteiger partial charge in [0, 0.05) is 20.3 Å². The molecule has 2 N–H and O–H groups in total. The molecule has 1 unspecified atom stereocenters. The number of carbonyl (C=O) groups is 1. The van der Waals surface area contributed by atoms with E-state index >= 15 is 0 Å². The maximum Gasteiger partial charge on any atom is 0.263 e. The lowest BCUT2D eigenvalue weighted by atomic mass is 10.1. The molecule has 5 nitrogen and oxygen atoms in total. The molecule has 0 aromatic carbocycles. The Morgan fingerprint density at radius 1 is 1.60 bits per heavy atom. The summed E-state index contributed by atoms with van der Waals surface area (Å²) in [5, 5.41) is 1.40. The monoisotopic (exact) mass is 216 g/mol. The van der Waals surface area contributed by atoms with Gasteiger partial charge in [-0.05, 0) is 25.7 Å². The molecule has 0 aromatic rings. The Balaban J connectivity index is 2.24. The Morgan fingerprint density at radius 3 is 3.00 bits per heavy atom. The molecule has 1 saturated heterocycles. The normalized spacial score (nSPS) is 18.9. The number of amides is 1. The molecule has 0 bridgehead atoms. The summed E-state index contributed by atoms with van der Waals surface area (Å²) in [6, 6.07) is -0.460. The minimum Gasteiger partial charge on any atom is -0.385 e. The number of methoxy groups -OCH3 is 1. The largest absolute Gasteiger partial charge is 0.385 e. The fourth-order valence-corrected chi connectivity index (χ4v) is 1.53. The second-order valence-corrected chi connectivity index (χ2v) is 3.72. The minimum atomic E-state index is -0.460. The SMILES string of the molecule is COCCCC(N)C(=O)N1CCCCO1. The molecule has 1 amide bonds. The molecule has 1 atom stereocenters. The van der Waals surface area contributed by atoms with E-state index in [1.54, 1.807) is 7.11 Å². The van der Waals surface area contributed by atoms with Crippen LogP contribution in [0, 0.1) is 0 Å². The van der Waals surface area contributed by atoms with Gasteiger partial charge in [0.25, 0.3) is 5.91 Å². The van der Waals surface area contributed by atoms with Gasteiger partial charge >= 0.3 is 0 Å². The second kappa shape index (κ2) is 6.76. The van der Waals surface area contributed by atoms with Crippen molar-refractivity contribution in [2.45, 2.75) is 31.7 Å². The van der Waals surface area contributed by atoms with Crippen LogP contribution in [0.5, 0.6) is 0 Å². The standard InChI is InChI=1S/C10H20N2O3/c1-14-7-4-5-9(11)10(13)12-6-2-3-8-15-12/h9H,2-8,11H2,1H3. The third-order valence-corrected chi connectivity index (χ3v) is 2.43. The third kappa shape index (κ3) is 4.15. The zero-order valence-electron chi connectivity index (χ0n) is 9.28. The highest BCUT2D eigenvalue weighted by atomic mass is 16.7. The van der Waals surface area contributed by atoms with E-state index in [9.17, 15) is 4.79 Å².